The van der Waals surface area contributed by atoms with Crippen molar-refractivity contribution in [3.63, 3.8) is 0 Å². The van der Waals surface area contributed by atoms with E-state index in [0.29, 0.717) is 54.7 Å². The maximum Gasteiger partial charge on any atom is 0.246 e. The minimum Gasteiger partial charge on any atom is -0.486 e. The molecule has 4 aromatic rings. The highest BCUT2D eigenvalue weighted by atomic mass is 35.5. The third-order valence-corrected chi connectivity index (χ3v) is 7.75. The fraction of sp³-hybridized carbons (Fsp3) is 0.241. The van der Waals surface area contributed by atoms with Gasteiger partial charge in [-0.3, -0.25) is 9.78 Å². The fourth-order valence-corrected chi connectivity index (χ4v) is 5.86. The lowest BCUT2D eigenvalue weighted by Crippen LogP contribution is -2.34. The van der Waals surface area contributed by atoms with E-state index in [1.165, 1.54) is 0 Å². The highest BCUT2D eigenvalue weighted by Crippen LogP contribution is 2.41. The van der Waals surface area contributed by atoms with Gasteiger partial charge < -0.3 is 19.9 Å². The van der Waals surface area contributed by atoms with Gasteiger partial charge in [0.25, 0.3) is 0 Å². The van der Waals surface area contributed by atoms with Crippen LogP contribution in [0.2, 0.25) is 5.02 Å². The molecule has 8 nitrogen and oxygen atoms in total. The Bertz CT molecular complexity index is 1580. The van der Waals surface area contributed by atoms with E-state index in [-0.39, 0.29) is 5.91 Å². The number of halogens is 1. The lowest BCUT2D eigenvalue weighted by molar-refractivity contribution is -0.126. The summed E-state index contributed by atoms with van der Waals surface area (Å²) in [5.41, 5.74) is 3.81. The first kappa shape index (κ1) is 26.6. The number of fused-ring (bicyclic) bond motifs is 3. The average molecular weight is 559 g/mol. The largest absolute Gasteiger partial charge is 0.486 e. The Hall–Kier alpha value is -3.97. The van der Waals surface area contributed by atoms with Crippen LogP contribution in [0, 0.1) is 11.3 Å². The number of benzene rings is 1. The SMILES string of the molecule is CN(C)CC=CC(=O)N1CCc2c(sc3ncc(C#N)c(Nc4ccc(OCc5ccccn5)c(Cl)c4)c23)C1. The number of rotatable bonds is 8. The normalized spacial score (nSPS) is 13.1. The molecular formula is C29H27ClN6O2S. The number of pyridine rings is 2. The third kappa shape index (κ3) is 6.04. The molecule has 3 aromatic heterocycles. The molecule has 10 heteroatoms. The van der Waals surface area contributed by atoms with E-state index in [0.717, 1.165) is 32.0 Å². The Labute approximate surface area is 236 Å². The second kappa shape index (κ2) is 11.8. The first-order chi connectivity index (χ1) is 18.9. The fourth-order valence-electron chi connectivity index (χ4n) is 4.41. The number of nitrogens with one attached hydrogen (secondary N) is 1. The van der Waals surface area contributed by atoms with Gasteiger partial charge in [0.2, 0.25) is 5.91 Å². The average Bonchev–Trinajstić information content (AvgIpc) is 3.31. The van der Waals surface area contributed by atoms with E-state index in [4.69, 9.17) is 16.3 Å². The Morgan fingerprint density at radius 3 is 2.92 bits per heavy atom. The molecule has 0 aliphatic carbocycles. The summed E-state index contributed by atoms with van der Waals surface area (Å²) in [6, 6.07) is 13.4. The predicted octanol–water partition coefficient (Wildman–Crippen LogP) is 5.54. The van der Waals surface area contributed by atoms with Crippen molar-refractivity contribution in [3.05, 3.63) is 87.7 Å². The van der Waals surface area contributed by atoms with Gasteiger partial charge in [-0.05, 0) is 56.4 Å². The summed E-state index contributed by atoms with van der Waals surface area (Å²) in [4.78, 5) is 27.3. The summed E-state index contributed by atoms with van der Waals surface area (Å²) in [7, 11) is 3.93. The Morgan fingerprint density at radius 1 is 1.31 bits per heavy atom. The first-order valence-electron chi connectivity index (χ1n) is 12.5. The lowest BCUT2D eigenvalue weighted by atomic mass is 10.0. The molecule has 4 heterocycles. The van der Waals surface area contributed by atoms with Gasteiger partial charge in [0.1, 0.15) is 23.3 Å². The molecule has 39 heavy (non-hydrogen) atoms. The zero-order chi connectivity index (χ0) is 27.4. The van der Waals surface area contributed by atoms with Crippen molar-refractivity contribution in [2.24, 2.45) is 0 Å². The van der Waals surface area contributed by atoms with Gasteiger partial charge in [-0.2, -0.15) is 5.26 Å². The Balaban J connectivity index is 1.38. The minimum atomic E-state index is 0.00368. The number of carbonyl (C=O) groups excluding carboxylic acids is 1. The van der Waals surface area contributed by atoms with Crippen molar-refractivity contribution >= 4 is 50.4 Å². The van der Waals surface area contributed by atoms with Crippen LogP contribution >= 0.6 is 22.9 Å². The zero-order valence-electron chi connectivity index (χ0n) is 21.6. The maximum atomic E-state index is 12.7. The van der Waals surface area contributed by atoms with Crippen LogP contribution in [0.3, 0.4) is 0 Å². The van der Waals surface area contributed by atoms with E-state index in [1.54, 1.807) is 41.9 Å². The Kier molecular flexibility index (Phi) is 8.07. The van der Waals surface area contributed by atoms with Crippen LogP contribution in [-0.2, 0) is 24.4 Å². The third-order valence-electron chi connectivity index (χ3n) is 6.33. The van der Waals surface area contributed by atoms with Crippen molar-refractivity contribution in [3.8, 4) is 11.8 Å². The predicted molar refractivity (Wildman–Crippen MR) is 154 cm³/mol. The molecule has 198 valence electrons. The molecule has 0 unspecified atom stereocenters. The Morgan fingerprint density at radius 2 is 2.18 bits per heavy atom. The molecule has 0 fully saturated rings. The molecule has 0 spiro atoms. The molecule has 0 bridgehead atoms. The number of nitriles is 1. The van der Waals surface area contributed by atoms with Crippen molar-refractivity contribution in [1.29, 1.82) is 5.26 Å². The summed E-state index contributed by atoms with van der Waals surface area (Å²) >= 11 is 8.11. The van der Waals surface area contributed by atoms with Crippen LogP contribution in [0.1, 0.15) is 21.7 Å². The first-order valence-corrected chi connectivity index (χ1v) is 13.6. The number of carbonyl (C=O) groups is 1. The van der Waals surface area contributed by atoms with Crippen LogP contribution < -0.4 is 10.1 Å². The second-order valence-electron chi connectivity index (χ2n) is 9.40. The van der Waals surface area contributed by atoms with Gasteiger partial charge in [0, 0.05) is 47.5 Å². The van der Waals surface area contributed by atoms with Crippen LogP contribution in [0.5, 0.6) is 5.75 Å². The number of hydrogen-bond acceptors (Lipinski definition) is 8. The van der Waals surface area contributed by atoms with Crippen molar-refractivity contribution < 1.29 is 9.53 Å². The van der Waals surface area contributed by atoms with Gasteiger partial charge in [0.15, 0.2) is 0 Å². The van der Waals surface area contributed by atoms with E-state index < -0.39 is 0 Å². The summed E-state index contributed by atoms with van der Waals surface area (Å²) in [6.07, 6.45) is 7.52. The molecule has 1 aromatic carbocycles. The van der Waals surface area contributed by atoms with Crippen LogP contribution in [0.25, 0.3) is 10.2 Å². The van der Waals surface area contributed by atoms with E-state index >= 15 is 0 Å². The van der Waals surface area contributed by atoms with Crippen LogP contribution in [0.15, 0.2) is 60.9 Å². The summed E-state index contributed by atoms with van der Waals surface area (Å²) in [5.74, 6) is 0.550. The number of ether oxygens (including phenoxy) is 1. The maximum absolute atomic E-state index is 12.7. The number of anilines is 2. The topological polar surface area (TPSA) is 94.4 Å². The van der Waals surface area contributed by atoms with E-state index in [2.05, 4.69) is 21.4 Å². The quantitative estimate of drug-likeness (QED) is 0.284. The smallest absolute Gasteiger partial charge is 0.246 e. The number of hydrogen-bond donors (Lipinski definition) is 1. The molecule has 5 rings (SSSR count). The summed E-state index contributed by atoms with van der Waals surface area (Å²) < 4.78 is 5.85. The number of aromatic nitrogens is 2. The number of likely N-dealkylation sites (N-methyl/N-ethyl adjacent to an activating group) is 1. The summed E-state index contributed by atoms with van der Waals surface area (Å²) in [6.45, 7) is 2.15. The highest BCUT2D eigenvalue weighted by Gasteiger charge is 2.26. The lowest BCUT2D eigenvalue weighted by Gasteiger charge is -2.26. The minimum absolute atomic E-state index is 0.00368. The van der Waals surface area contributed by atoms with Crippen LogP contribution in [0.4, 0.5) is 11.4 Å². The molecule has 0 saturated carbocycles. The highest BCUT2D eigenvalue weighted by molar-refractivity contribution is 7.19. The number of thiophene rings is 1. The van der Waals surface area contributed by atoms with Gasteiger partial charge >= 0.3 is 0 Å². The van der Waals surface area contributed by atoms with E-state index in [1.807, 2.05) is 54.2 Å². The second-order valence-corrected chi connectivity index (χ2v) is 10.9. The molecule has 0 radical (unpaired) electrons. The van der Waals surface area contributed by atoms with Crippen LogP contribution in [-0.4, -0.2) is 52.9 Å². The van der Waals surface area contributed by atoms with Crippen molar-refractivity contribution in [2.75, 3.05) is 32.5 Å². The summed E-state index contributed by atoms with van der Waals surface area (Å²) in [5, 5.41) is 14.7. The molecule has 0 saturated heterocycles. The number of nitrogens with zero attached hydrogens (tertiary/aromatic N) is 5. The van der Waals surface area contributed by atoms with Crippen molar-refractivity contribution in [2.45, 2.75) is 19.6 Å². The molecule has 1 amide bonds. The number of amides is 1. The van der Waals surface area contributed by atoms with Gasteiger partial charge in [-0.25, -0.2) is 4.98 Å². The molecule has 1 aliphatic rings. The monoisotopic (exact) mass is 558 g/mol. The molecule has 1 aliphatic heterocycles. The van der Waals surface area contributed by atoms with Gasteiger partial charge in [-0.15, -0.1) is 11.3 Å². The zero-order valence-corrected chi connectivity index (χ0v) is 23.2. The van der Waals surface area contributed by atoms with Gasteiger partial charge in [0.05, 0.1) is 28.5 Å². The van der Waals surface area contributed by atoms with E-state index in [9.17, 15) is 10.1 Å². The van der Waals surface area contributed by atoms with Gasteiger partial charge in [-0.1, -0.05) is 23.7 Å². The molecule has 1 N–H and O–H groups in total. The molecular weight excluding hydrogens is 532 g/mol. The standard InChI is InChI=1S/C29H27ClN6O2S/c1-35(2)12-5-7-26(37)36-13-10-22-25(17-36)39-29-27(22)28(19(15-31)16-33-29)34-20-8-9-24(23(30)14-20)38-18-21-6-3-4-11-32-21/h3-9,11,14,16H,10,12-13,17-18H2,1-2H3,(H,33,34). The molecule has 0 atom stereocenters. The van der Waals surface area contributed by atoms with Crippen molar-refractivity contribution in [1.82, 2.24) is 19.8 Å².